The molecule has 0 heterocycles. The van der Waals surface area contributed by atoms with Gasteiger partial charge in [0.2, 0.25) is 5.91 Å². The molecule has 0 atom stereocenters. The standard InChI is InChI=1S/C12H24N2O/c1-3-13-9-12(15)14(2)10-11-7-5-4-6-8-11/h11,13H,3-10H2,1-2H3. The van der Waals surface area contributed by atoms with Gasteiger partial charge in [0, 0.05) is 13.6 Å². The number of carbonyl (C=O) groups excluding carboxylic acids is 1. The maximum Gasteiger partial charge on any atom is 0.236 e. The predicted molar refractivity (Wildman–Crippen MR) is 62.8 cm³/mol. The van der Waals surface area contributed by atoms with Crippen molar-refractivity contribution in [1.82, 2.24) is 10.2 Å². The van der Waals surface area contributed by atoms with E-state index in [1.165, 1.54) is 32.1 Å². The van der Waals surface area contributed by atoms with Gasteiger partial charge in [0.1, 0.15) is 0 Å². The number of carbonyl (C=O) groups is 1. The highest BCUT2D eigenvalue weighted by atomic mass is 16.2. The van der Waals surface area contributed by atoms with E-state index in [2.05, 4.69) is 5.32 Å². The van der Waals surface area contributed by atoms with Crippen LogP contribution in [0.1, 0.15) is 39.0 Å². The maximum absolute atomic E-state index is 11.6. The minimum Gasteiger partial charge on any atom is -0.344 e. The molecule has 0 radical (unpaired) electrons. The van der Waals surface area contributed by atoms with Crippen LogP contribution in [0.25, 0.3) is 0 Å². The zero-order valence-corrected chi connectivity index (χ0v) is 10.1. The van der Waals surface area contributed by atoms with Gasteiger partial charge in [-0.1, -0.05) is 26.2 Å². The quantitative estimate of drug-likeness (QED) is 0.751. The molecule has 0 saturated heterocycles. The molecule has 1 amide bonds. The van der Waals surface area contributed by atoms with E-state index in [0.29, 0.717) is 6.54 Å². The zero-order chi connectivity index (χ0) is 11.1. The molecule has 15 heavy (non-hydrogen) atoms. The molecule has 0 unspecified atom stereocenters. The molecule has 1 rings (SSSR count). The lowest BCUT2D eigenvalue weighted by Gasteiger charge is -2.27. The van der Waals surface area contributed by atoms with Crippen molar-refractivity contribution >= 4 is 5.91 Å². The first-order valence-corrected chi connectivity index (χ1v) is 6.18. The third-order valence-electron chi connectivity index (χ3n) is 3.21. The van der Waals surface area contributed by atoms with Crippen molar-refractivity contribution in [3.63, 3.8) is 0 Å². The average molecular weight is 212 g/mol. The van der Waals surface area contributed by atoms with Crippen LogP contribution in [0.3, 0.4) is 0 Å². The Morgan fingerprint density at radius 1 is 1.33 bits per heavy atom. The number of likely N-dealkylation sites (N-methyl/N-ethyl adjacent to an activating group) is 2. The minimum atomic E-state index is 0.224. The van der Waals surface area contributed by atoms with Gasteiger partial charge in [0.25, 0.3) is 0 Å². The van der Waals surface area contributed by atoms with Crippen LogP contribution in [0.2, 0.25) is 0 Å². The van der Waals surface area contributed by atoms with Gasteiger partial charge in [-0.2, -0.15) is 0 Å². The first kappa shape index (κ1) is 12.5. The van der Waals surface area contributed by atoms with Crippen molar-refractivity contribution in [2.24, 2.45) is 5.92 Å². The molecule has 3 heteroatoms. The van der Waals surface area contributed by atoms with E-state index in [4.69, 9.17) is 0 Å². The van der Waals surface area contributed by atoms with E-state index >= 15 is 0 Å². The van der Waals surface area contributed by atoms with Gasteiger partial charge in [0.05, 0.1) is 6.54 Å². The van der Waals surface area contributed by atoms with Gasteiger partial charge < -0.3 is 10.2 Å². The summed E-state index contributed by atoms with van der Waals surface area (Å²) in [5.41, 5.74) is 0. The number of nitrogens with zero attached hydrogens (tertiary/aromatic N) is 1. The second-order valence-corrected chi connectivity index (χ2v) is 4.56. The van der Waals surface area contributed by atoms with E-state index in [1.54, 1.807) is 0 Å². The minimum absolute atomic E-state index is 0.224. The van der Waals surface area contributed by atoms with Crippen LogP contribution in [-0.4, -0.2) is 37.5 Å². The molecule has 0 spiro atoms. The van der Waals surface area contributed by atoms with Crippen molar-refractivity contribution < 1.29 is 4.79 Å². The van der Waals surface area contributed by atoms with Crippen molar-refractivity contribution in [2.75, 3.05) is 26.7 Å². The van der Waals surface area contributed by atoms with E-state index in [-0.39, 0.29) is 5.91 Å². The Morgan fingerprint density at radius 3 is 2.60 bits per heavy atom. The molecular formula is C12H24N2O. The summed E-state index contributed by atoms with van der Waals surface area (Å²) < 4.78 is 0. The van der Waals surface area contributed by atoms with Crippen molar-refractivity contribution in [2.45, 2.75) is 39.0 Å². The summed E-state index contributed by atoms with van der Waals surface area (Å²) in [6.07, 6.45) is 6.68. The van der Waals surface area contributed by atoms with Crippen LogP contribution < -0.4 is 5.32 Å². The molecule has 88 valence electrons. The highest BCUT2D eigenvalue weighted by Crippen LogP contribution is 2.23. The van der Waals surface area contributed by atoms with Gasteiger partial charge in [-0.15, -0.1) is 0 Å². The summed E-state index contributed by atoms with van der Waals surface area (Å²) in [4.78, 5) is 13.5. The Morgan fingerprint density at radius 2 is 2.00 bits per heavy atom. The second-order valence-electron chi connectivity index (χ2n) is 4.56. The van der Waals surface area contributed by atoms with Crippen LogP contribution in [0.15, 0.2) is 0 Å². The molecule has 1 aliphatic rings. The fourth-order valence-electron chi connectivity index (χ4n) is 2.23. The van der Waals surface area contributed by atoms with E-state index in [0.717, 1.165) is 19.0 Å². The second kappa shape index (κ2) is 6.83. The highest BCUT2D eigenvalue weighted by molar-refractivity contribution is 5.77. The fourth-order valence-corrected chi connectivity index (χ4v) is 2.23. The molecule has 3 nitrogen and oxygen atoms in total. The molecule has 0 aliphatic heterocycles. The highest BCUT2D eigenvalue weighted by Gasteiger charge is 2.17. The summed E-state index contributed by atoms with van der Waals surface area (Å²) in [5.74, 6) is 0.969. The average Bonchev–Trinajstić information content (AvgIpc) is 2.27. The zero-order valence-electron chi connectivity index (χ0n) is 10.1. The molecule has 1 saturated carbocycles. The van der Waals surface area contributed by atoms with Gasteiger partial charge in [-0.05, 0) is 25.3 Å². The van der Waals surface area contributed by atoms with Crippen LogP contribution in [0.5, 0.6) is 0 Å². The Hall–Kier alpha value is -0.570. The Kier molecular flexibility index (Phi) is 5.69. The number of amides is 1. The summed E-state index contributed by atoms with van der Waals surface area (Å²) in [6, 6.07) is 0. The predicted octanol–water partition coefficient (Wildman–Crippen LogP) is 1.63. The SMILES string of the molecule is CCNCC(=O)N(C)CC1CCCCC1. The van der Waals surface area contributed by atoms with Gasteiger partial charge in [-0.25, -0.2) is 0 Å². The summed E-state index contributed by atoms with van der Waals surface area (Å²) in [7, 11) is 1.92. The van der Waals surface area contributed by atoms with E-state index in [1.807, 2.05) is 18.9 Å². The largest absolute Gasteiger partial charge is 0.344 e. The summed E-state index contributed by atoms with van der Waals surface area (Å²) >= 11 is 0. The monoisotopic (exact) mass is 212 g/mol. The topological polar surface area (TPSA) is 32.3 Å². The fraction of sp³-hybridized carbons (Fsp3) is 0.917. The van der Waals surface area contributed by atoms with Crippen molar-refractivity contribution in [3.8, 4) is 0 Å². The number of hydrogen-bond acceptors (Lipinski definition) is 2. The molecule has 0 bridgehead atoms. The normalized spacial score (nSPS) is 17.7. The smallest absolute Gasteiger partial charge is 0.236 e. The number of rotatable bonds is 5. The summed E-state index contributed by atoms with van der Waals surface area (Å²) in [6.45, 7) is 4.32. The Labute approximate surface area is 93.2 Å². The first-order valence-electron chi connectivity index (χ1n) is 6.18. The summed E-state index contributed by atoms with van der Waals surface area (Å²) in [5, 5.41) is 3.07. The molecule has 1 N–H and O–H groups in total. The number of hydrogen-bond donors (Lipinski definition) is 1. The van der Waals surface area contributed by atoms with Gasteiger partial charge >= 0.3 is 0 Å². The molecular weight excluding hydrogens is 188 g/mol. The van der Waals surface area contributed by atoms with Crippen LogP contribution >= 0.6 is 0 Å². The lowest BCUT2D eigenvalue weighted by molar-refractivity contribution is -0.129. The lowest BCUT2D eigenvalue weighted by Crippen LogP contribution is -2.38. The molecule has 0 aromatic heterocycles. The molecule has 0 aromatic carbocycles. The lowest BCUT2D eigenvalue weighted by atomic mass is 9.89. The van der Waals surface area contributed by atoms with Crippen LogP contribution in [0, 0.1) is 5.92 Å². The van der Waals surface area contributed by atoms with Crippen LogP contribution in [0.4, 0.5) is 0 Å². The van der Waals surface area contributed by atoms with Crippen molar-refractivity contribution in [1.29, 1.82) is 0 Å². The maximum atomic E-state index is 11.6. The van der Waals surface area contributed by atoms with E-state index in [9.17, 15) is 4.79 Å². The van der Waals surface area contributed by atoms with Gasteiger partial charge in [-0.3, -0.25) is 4.79 Å². The third-order valence-corrected chi connectivity index (χ3v) is 3.21. The van der Waals surface area contributed by atoms with Gasteiger partial charge in [0.15, 0.2) is 0 Å². The molecule has 1 fully saturated rings. The third kappa shape index (κ3) is 4.65. The first-order chi connectivity index (χ1) is 7.24. The Bertz CT molecular complexity index is 188. The van der Waals surface area contributed by atoms with E-state index < -0.39 is 0 Å². The number of nitrogens with one attached hydrogen (secondary N) is 1. The molecule has 0 aromatic rings. The Balaban J connectivity index is 2.20. The molecule has 1 aliphatic carbocycles. The van der Waals surface area contributed by atoms with Crippen molar-refractivity contribution in [3.05, 3.63) is 0 Å². The van der Waals surface area contributed by atoms with Crippen LogP contribution in [-0.2, 0) is 4.79 Å².